The standard InChI is InChI=1S/C31H24Cl2N2O4/c32-26-8-4-9-27(33)25(26)19-39-29-18-28(20-6-2-1-3-7-20)34-31(35-29)23-12-11-22-17-24(14-13-21(22)16-23)38-15-5-10-30(36)37/h1-4,6-9,11-14,16-18H,5,10,15,19H2,(H,36,37). The first kappa shape index (κ1) is 26.5. The lowest BCUT2D eigenvalue weighted by atomic mass is 10.1. The predicted octanol–water partition coefficient (Wildman–Crippen LogP) is 8.09. The molecule has 5 aromatic rings. The molecule has 4 aromatic carbocycles. The third-order valence-electron chi connectivity index (χ3n) is 6.07. The molecule has 0 bridgehead atoms. The average molecular weight is 559 g/mol. The molecule has 0 atom stereocenters. The average Bonchev–Trinajstić information content (AvgIpc) is 2.95. The Labute approximate surface area is 235 Å². The van der Waals surface area contributed by atoms with Crippen LogP contribution in [0.15, 0.2) is 91.0 Å². The van der Waals surface area contributed by atoms with Gasteiger partial charge in [-0.15, -0.1) is 0 Å². The van der Waals surface area contributed by atoms with Gasteiger partial charge in [0.25, 0.3) is 0 Å². The zero-order chi connectivity index (χ0) is 27.2. The van der Waals surface area contributed by atoms with Gasteiger partial charge in [-0.2, -0.15) is 4.98 Å². The summed E-state index contributed by atoms with van der Waals surface area (Å²) < 4.78 is 11.8. The van der Waals surface area contributed by atoms with E-state index < -0.39 is 5.97 Å². The zero-order valence-corrected chi connectivity index (χ0v) is 22.3. The summed E-state index contributed by atoms with van der Waals surface area (Å²) in [5.41, 5.74) is 3.18. The van der Waals surface area contributed by atoms with Crippen LogP contribution in [0, 0.1) is 0 Å². The number of carboxylic acid groups (broad SMARTS) is 1. The van der Waals surface area contributed by atoms with Gasteiger partial charge in [0.2, 0.25) is 5.88 Å². The summed E-state index contributed by atoms with van der Waals surface area (Å²) in [5, 5.41) is 11.8. The first-order chi connectivity index (χ1) is 19.0. The summed E-state index contributed by atoms with van der Waals surface area (Å²) >= 11 is 12.7. The molecule has 0 unspecified atom stereocenters. The van der Waals surface area contributed by atoms with Crippen LogP contribution in [0.4, 0.5) is 0 Å². The monoisotopic (exact) mass is 558 g/mol. The van der Waals surface area contributed by atoms with Gasteiger partial charge in [-0.3, -0.25) is 4.79 Å². The van der Waals surface area contributed by atoms with Crippen LogP contribution in [-0.2, 0) is 11.4 Å². The van der Waals surface area contributed by atoms with E-state index in [4.69, 9.17) is 47.8 Å². The highest BCUT2D eigenvalue weighted by Crippen LogP contribution is 2.30. The third-order valence-corrected chi connectivity index (χ3v) is 6.78. The Hall–Kier alpha value is -4.13. The fourth-order valence-corrected chi connectivity index (χ4v) is 4.57. The van der Waals surface area contributed by atoms with Crippen LogP contribution in [0.3, 0.4) is 0 Å². The van der Waals surface area contributed by atoms with Crippen LogP contribution in [0.25, 0.3) is 33.4 Å². The molecule has 0 fully saturated rings. The Morgan fingerprint density at radius 1 is 0.769 bits per heavy atom. The van der Waals surface area contributed by atoms with E-state index in [0.717, 1.165) is 27.6 Å². The number of halogens is 2. The number of benzene rings is 4. The van der Waals surface area contributed by atoms with Gasteiger partial charge in [0.15, 0.2) is 5.82 Å². The summed E-state index contributed by atoms with van der Waals surface area (Å²) in [4.78, 5) is 20.2. The minimum absolute atomic E-state index is 0.0795. The zero-order valence-electron chi connectivity index (χ0n) is 20.8. The first-order valence-electron chi connectivity index (χ1n) is 12.4. The van der Waals surface area contributed by atoms with Crippen LogP contribution in [0.1, 0.15) is 18.4 Å². The van der Waals surface area contributed by atoms with Crippen molar-refractivity contribution in [1.29, 1.82) is 0 Å². The highest BCUT2D eigenvalue weighted by atomic mass is 35.5. The van der Waals surface area contributed by atoms with E-state index in [9.17, 15) is 4.79 Å². The second-order valence-electron chi connectivity index (χ2n) is 8.84. The Morgan fingerprint density at radius 2 is 1.51 bits per heavy atom. The Balaban J connectivity index is 1.44. The molecule has 0 saturated heterocycles. The summed E-state index contributed by atoms with van der Waals surface area (Å²) in [6, 6.07) is 28.7. The number of hydrogen-bond donors (Lipinski definition) is 1. The highest BCUT2D eigenvalue weighted by Gasteiger charge is 2.13. The third kappa shape index (κ3) is 6.66. The van der Waals surface area contributed by atoms with Crippen molar-refractivity contribution in [2.75, 3.05) is 6.61 Å². The van der Waals surface area contributed by atoms with Crippen LogP contribution in [0.5, 0.6) is 11.6 Å². The molecule has 5 rings (SSSR count). The normalized spacial score (nSPS) is 10.9. The van der Waals surface area contributed by atoms with Crippen molar-refractivity contribution >= 4 is 39.9 Å². The van der Waals surface area contributed by atoms with Gasteiger partial charge >= 0.3 is 5.97 Å². The second kappa shape index (κ2) is 12.2. The van der Waals surface area contributed by atoms with Crippen molar-refractivity contribution in [1.82, 2.24) is 9.97 Å². The molecule has 0 aliphatic rings. The quantitative estimate of drug-likeness (QED) is 0.174. The van der Waals surface area contributed by atoms with Gasteiger partial charge in [-0.25, -0.2) is 4.98 Å². The van der Waals surface area contributed by atoms with E-state index in [1.165, 1.54) is 0 Å². The summed E-state index contributed by atoms with van der Waals surface area (Å²) in [7, 11) is 0. The van der Waals surface area contributed by atoms with Crippen molar-refractivity contribution in [3.05, 3.63) is 107 Å². The number of hydrogen-bond acceptors (Lipinski definition) is 5. The van der Waals surface area contributed by atoms with Crippen molar-refractivity contribution < 1.29 is 19.4 Å². The molecule has 0 aliphatic heterocycles. The number of aromatic nitrogens is 2. The van der Waals surface area contributed by atoms with Gasteiger partial charge in [0.05, 0.1) is 12.3 Å². The van der Waals surface area contributed by atoms with Gasteiger partial charge in [0, 0.05) is 39.2 Å². The molecule has 196 valence electrons. The maximum Gasteiger partial charge on any atom is 0.303 e. The summed E-state index contributed by atoms with van der Waals surface area (Å²) in [5.74, 6) is 0.786. The number of rotatable bonds is 10. The maximum absolute atomic E-state index is 10.7. The predicted molar refractivity (Wildman–Crippen MR) is 154 cm³/mol. The number of aliphatic carboxylic acids is 1. The molecule has 6 nitrogen and oxygen atoms in total. The van der Waals surface area contributed by atoms with Gasteiger partial charge < -0.3 is 14.6 Å². The van der Waals surface area contributed by atoms with Crippen LogP contribution in [0.2, 0.25) is 10.0 Å². The van der Waals surface area contributed by atoms with E-state index in [1.54, 1.807) is 24.3 Å². The first-order valence-corrected chi connectivity index (χ1v) is 13.1. The molecule has 0 spiro atoms. The van der Waals surface area contributed by atoms with Crippen LogP contribution in [-0.4, -0.2) is 27.7 Å². The van der Waals surface area contributed by atoms with E-state index in [0.29, 0.717) is 46.1 Å². The largest absolute Gasteiger partial charge is 0.494 e. The second-order valence-corrected chi connectivity index (χ2v) is 9.65. The minimum atomic E-state index is -0.829. The lowest BCUT2D eigenvalue weighted by Crippen LogP contribution is -2.02. The topological polar surface area (TPSA) is 81.5 Å². The Bertz CT molecular complexity index is 1610. The van der Waals surface area contributed by atoms with Crippen molar-refractivity contribution in [2.45, 2.75) is 19.4 Å². The number of nitrogens with zero attached hydrogens (tertiary/aromatic N) is 2. The van der Waals surface area contributed by atoms with Crippen molar-refractivity contribution in [2.24, 2.45) is 0 Å². The van der Waals surface area contributed by atoms with E-state index in [-0.39, 0.29) is 13.0 Å². The minimum Gasteiger partial charge on any atom is -0.494 e. The Kier molecular flexibility index (Phi) is 8.25. The number of ether oxygens (including phenoxy) is 2. The molecule has 0 aliphatic carbocycles. The lowest BCUT2D eigenvalue weighted by molar-refractivity contribution is -0.137. The number of carbonyl (C=O) groups is 1. The molecule has 0 amide bonds. The molecule has 0 radical (unpaired) electrons. The van der Waals surface area contributed by atoms with Crippen molar-refractivity contribution in [3.8, 4) is 34.3 Å². The fourth-order valence-electron chi connectivity index (χ4n) is 4.07. The molecule has 39 heavy (non-hydrogen) atoms. The smallest absolute Gasteiger partial charge is 0.303 e. The molecule has 8 heteroatoms. The molecule has 1 heterocycles. The van der Waals surface area contributed by atoms with Gasteiger partial charge in [-0.05, 0) is 47.5 Å². The summed E-state index contributed by atoms with van der Waals surface area (Å²) in [6.45, 7) is 0.508. The fraction of sp³-hybridized carbons (Fsp3) is 0.129. The SMILES string of the molecule is O=C(O)CCCOc1ccc2cc(-c3nc(OCc4c(Cl)cccc4Cl)cc(-c4ccccc4)n3)ccc2c1. The number of carboxylic acids is 1. The molecule has 0 saturated carbocycles. The van der Waals surface area contributed by atoms with Gasteiger partial charge in [0.1, 0.15) is 12.4 Å². The summed E-state index contributed by atoms with van der Waals surface area (Å²) in [6.07, 6.45) is 0.532. The lowest BCUT2D eigenvalue weighted by Gasteiger charge is -2.12. The maximum atomic E-state index is 10.7. The van der Waals surface area contributed by atoms with E-state index in [1.807, 2.05) is 66.7 Å². The van der Waals surface area contributed by atoms with Gasteiger partial charge in [-0.1, -0.05) is 77.8 Å². The van der Waals surface area contributed by atoms with Crippen LogP contribution >= 0.6 is 23.2 Å². The van der Waals surface area contributed by atoms with Crippen LogP contribution < -0.4 is 9.47 Å². The van der Waals surface area contributed by atoms with E-state index >= 15 is 0 Å². The Morgan fingerprint density at radius 3 is 2.28 bits per heavy atom. The van der Waals surface area contributed by atoms with E-state index in [2.05, 4.69) is 0 Å². The van der Waals surface area contributed by atoms with Crippen molar-refractivity contribution in [3.63, 3.8) is 0 Å². The molecule has 1 aromatic heterocycles. The molecular weight excluding hydrogens is 535 g/mol. The number of fused-ring (bicyclic) bond motifs is 1. The highest BCUT2D eigenvalue weighted by molar-refractivity contribution is 6.35. The molecule has 1 N–H and O–H groups in total. The molecular formula is C31H24Cl2N2O4.